The van der Waals surface area contributed by atoms with Gasteiger partial charge in [-0.2, -0.15) is 0 Å². The highest BCUT2D eigenvalue weighted by Crippen LogP contribution is 2.52. The van der Waals surface area contributed by atoms with Gasteiger partial charge in [-0.25, -0.2) is 0 Å². The van der Waals surface area contributed by atoms with Crippen molar-refractivity contribution in [2.45, 2.75) is 32.6 Å². The Balaban J connectivity index is 2.36. The lowest BCUT2D eigenvalue weighted by Crippen LogP contribution is -2.33. The van der Waals surface area contributed by atoms with Gasteiger partial charge in [-0.1, -0.05) is 17.7 Å². The molecule has 1 heteroatoms. The third-order valence-electron chi connectivity index (χ3n) is 3.80. The summed E-state index contributed by atoms with van der Waals surface area (Å²) in [6.45, 7) is 6.05. The van der Waals surface area contributed by atoms with Crippen molar-refractivity contribution in [2.24, 2.45) is 11.3 Å². The summed E-state index contributed by atoms with van der Waals surface area (Å²) in [5, 5.41) is 0. The molecule has 0 aliphatic heterocycles. The van der Waals surface area contributed by atoms with Crippen LogP contribution in [0.4, 0.5) is 0 Å². The molecule has 0 aromatic carbocycles. The highest BCUT2D eigenvalue weighted by Gasteiger charge is 2.44. The van der Waals surface area contributed by atoms with E-state index in [1.165, 1.54) is 5.57 Å². The molecule has 0 saturated heterocycles. The first kappa shape index (κ1) is 8.74. The topological polar surface area (TPSA) is 17.1 Å². The van der Waals surface area contributed by atoms with Crippen molar-refractivity contribution in [3.05, 3.63) is 24.3 Å². The quantitative estimate of drug-likeness (QED) is 0.561. The van der Waals surface area contributed by atoms with E-state index in [-0.39, 0.29) is 5.41 Å². The van der Waals surface area contributed by atoms with Crippen molar-refractivity contribution >= 4 is 5.78 Å². The van der Waals surface area contributed by atoms with Crippen molar-refractivity contribution in [3.63, 3.8) is 0 Å². The Bertz CT molecular complexity index is 287. The molecule has 0 radical (unpaired) electrons. The number of carbonyl (C=O) groups excluding carboxylic acids is 1. The fraction of sp³-hybridized carbons (Fsp3) is 0.583. The average Bonchev–Trinajstić information content (AvgIpc) is 2.44. The summed E-state index contributed by atoms with van der Waals surface area (Å²) in [5.41, 5.74) is 1.40. The van der Waals surface area contributed by atoms with E-state index in [4.69, 9.17) is 0 Å². The fourth-order valence-electron chi connectivity index (χ4n) is 2.85. The lowest BCUT2D eigenvalue weighted by atomic mass is 9.65. The van der Waals surface area contributed by atoms with Crippen LogP contribution in [0.3, 0.4) is 0 Å². The van der Waals surface area contributed by atoms with Crippen LogP contribution in [0.1, 0.15) is 32.6 Å². The van der Waals surface area contributed by atoms with Gasteiger partial charge in [0.05, 0.1) is 0 Å². The molecule has 2 aliphatic rings. The SMILES string of the molecule is C=C[C@]12CC(=O)CC[C@H]1CC=C2C. The highest BCUT2D eigenvalue weighted by molar-refractivity contribution is 5.81. The molecule has 1 nitrogen and oxygen atoms in total. The maximum atomic E-state index is 11.4. The predicted octanol–water partition coefficient (Wildman–Crippen LogP) is 2.88. The molecular weight excluding hydrogens is 160 g/mol. The monoisotopic (exact) mass is 176 g/mol. The molecule has 0 N–H and O–H groups in total. The van der Waals surface area contributed by atoms with Crippen molar-refractivity contribution in [3.8, 4) is 0 Å². The number of carbonyl (C=O) groups is 1. The fourth-order valence-corrected chi connectivity index (χ4v) is 2.85. The first-order valence-electron chi connectivity index (χ1n) is 5.01. The molecule has 0 amide bonds. The minimum absolute atomic E-state index is 0.0370. The highest BCUT2D eigenvalue weighted by atomic mass is 16.1. The second-order valence-electron chi connectivity index (χ2n) is 4.32. The van der Waals surface area contributed by atoms with Gasteiger partial charge < -0.3 is 0 Å². The van der Waals surface area contributed by atoms with Crippen LogP contribution < -0.4 is 0 Å². The van der Waals surface area contributed by atoms with E-state index in [9.17, 15) is 4.79 Å². The first-order chi connectivity index (χ1) is 6.19. The standard InChI is InChI=1S/C12H16O/c1-3-12-8-11(13)7-6-10(12)5-4-9(12)2/h3-4,10H,1,5-8H2,2H3/t10-,12-/m1/s1. The molecular formula is C12H16O. The second-order valence-corrected chi connectivity index (χ2v) is 4.32. The van der Waals surface area contributed by atoms with Gasteiger partial charge in [-0.15, -0.1) is 6.58 Å². The molecule has 70 valence electrons. The van der Waals surface area contributed by atoms with Crippen LogP contribution in [0, 0.1) is 11.3 Å². The van der Waals surface area contributed by atoms with E-state index in [0.29, 0.717) is 18.1 Å². The van der Waals surface area contributed by atoms with E-state index >= 15 is 0 Å². The molecule has 0 spiro atoms. The van der Waals surface area contributed by atoms with Gasteiger partial charge in [-0.3, -0.25) is 4.79 Å². The Hall–Kier alpha value is -0.850. The van der Waals surface area contributed by atoms with Crippen molar-refractivity contribution in [1.29, 1.82) is 0 Å². The number of ketones is 1. The Kier molecular flexibility index (Phi) is 1.90. The molecule has 2 aliphatic carbocycles. The van der Waals surface area contributed by atoms with Gasteiger partial charge in [0, 0.05) is 18.3 Å². The van der Waals surface area contributed by atoms with E-state index in [2.05, 4.69) is 19.6 Å². The Morgan fingerprint density at radius 2 is 2.46 bits per heavy atom. The Labute approximate surface area is 79.5 Å². The summed E-state index contributed by atoms with van der Waals surface area (Å²) in [7, 11) is 0. The van der Waals surface area contributed by atoms with Crippen molar-refractivity contribution < 1.29 is 4.79 Å². The summed E-state index contributed by atoms with van der Waals surface area (Å²) in [6.07, 6.45) is 7.97. The number of rotatable bonds is 1. The molecule has 1 saturated carbocycles. The third-order valence-corrected chi connectivity index (χ3v) is 3.80. The summed E-state index contributed by atoms with van der Waals surface area (Å²) in [6, 6.07) is 0. The number of Topliss-reactive ketones (excluding diaryl/α,β-unsaturated/α-hetero) is 1. The van der Waals surface area contributed by atoms with Crippen LogP contribution in [-0.4, -0.2) is 5.78 Å². The van der Waals surface area contributed by atoms with Gasteiger partial charge in [-0.05, 0) is 25.7 Å². The zero-order valence-corrected chi connectivity index (χ0v) is 8.18. The lowest BCUT2D eigenvalue weighted by Gasteiger charge is -2.38. The molecule has 2 atom stereocenters. The Morgan fingerprint density at radius 3 is 3.15 bits per heavy atom. The van der Waals surface area contributed by atoms with Gasteiger partial charge in [0.15, 0.2) is 0 Å². The first-order valence-corrected chi connectivity index (χ1v) is 5.01. The van der Waals surface area contributed by atoms with Crippen LogP contribution in [0.5, 0.6) is 0 Å². The molecule has 2 rings (SSSR count). The average molecular weight is 176 g/mol. The minimum atomic E-state index is 0.0370. The summed E-state index contributed by atoms with van der Waals surface area (Å²) in [4.78, 5) is 11.4. The van der Waals surface area contributed by atoms with Gasteiger partial charge in [0.25, 0.3) is 0 Å². The van der Waals surface area contributed by atoms with Gasteiger partial charge in [0.1, 0.15) is 5.78 Å². The molecule has 0 unspecified atom stereocenters. The zero-order chi connectivity index (χ0) is 9.47. The predicted molar refractivity (Wildman–Crippen MR) is 53.4 cm³/mol. The van der Waals surface area contributed by atoms with Crippen LogP contribution in [0.25, 0.3) is 0 Å². The van der Waals surface area contributed by atoms with Crippen molar-refractivity contribution in [2.75, 3.05) is 0 Å². The van der Waals surface area contributed by atoms with E-state index in [0.717, 1.165) is 19.3 Å². The maximum Gasteiger partial charge on any atom is 0.134 e. The molecule has 1 fully saturated rings. The number of hydrogen-bond acceptors (Lipinski definition) is 1. The number of hydrogen-bond donors (Lipinski definition) is 0. The lowest BCUT2D eigenvalue weighted by molar-refractivity contribution is -0.123. The van der Waals surface area contributed by atoms with Crippen LogP contribution in [0.2, 0.25) is 0 Å². The van der Waals surface area contributed by atoms with Gasteiger partial charge in [0.2, 0.25) is 0 Å². The minimum Gasteiger partial charge on any atom is -0.300 e. The number of allylic oxidation sites excluding steroid dienone is 3. The molecule has 0 heterocycles. The summed E-state index contributed by atoms with van der Waals surface area (Å²) >= 11 is 0. The van der Waals surface area contributed by atoms with Crippen molar-refractivity contribution in [1.82, 2.24) is 0 Å². The smallest absolute Gasteiger partial charge is 0.134 e. The van der Waals surface area contributed by atoms with E-state index in [1.807, 2.05) is 6.08 Å². The van der Waals surface area contributed by atoms with E-state index in [1.54, 1.807) is 0 Å². The van der Waals surface area contributed by atoms with Crippen LogP contribution >= 0.6 is 0 Å². The van der Waals surface area contributed by atoms with Crippen LogP contribution in [0.15, 0.2) is 24.3 Å². The zero-order valence-electron chi connectivity index (χ0n) is 8.18. The third kappa shape index (κ3) is 1.10. The molecule has 0 bridgehead atoms. The maximum absolute atomic E-state index is 11.4. The molecule has 13 heavy (non-hydrogen) atoms. The summed E-state index contributed by atoms with van der Waals surface area (Å²) < 4.78 is 0. The normalized spacial score (nSPS) is 38.4. The molecule has 0 aromatic rings. The van der Waals surface area contributed by atoms with E-state index < -0.39 is 0 Å². The van der Waals surface area contributed by atoms with Crippen LogP contribution in [-0.2, 0) is 4.79 Å². The Morgan fingerprint density at radius 1 is 1.69 bits per heavy atom. The molecule has 0 aromatic heterocycles. The largest absolute Gasteiger partial charge is 0.300 e. The number of fused-ring (bicyclic) bond motifs is 1. The van der Waals surface area contributed by atoms with Gasteiger partial charge >= 0.3 is 0 Å². The summed E-state index contributed by atoms with van der Waals surface area (Å²) in [5.74, 6) is 1.06. The second kappa shape index (κ2) is 2.83.